The summed E-state index contributed by atoms with van der Waals surface area (Å²) >= 11 is 0. The summed E-state index contributed by atoms with van der Waals surface area (Å²) in [5.41, 5.74) is 1.16. The molecule has 1 aliphatic heterocycles. The van der Waals surface area contributed by atoms with Crippen LogP contribution in [0.2, 0.25) is 0 Å². The van der Waals surface area contributed by atoms with E-state index in [1.165, 1.54) is 12.8 Å². The van der Waals surface area contributed by atoms with Crippen LogP contribution in [-0.4, -0.2) is 46.1 Å². The molecule has 2 aliphatic rings. The van der Waals surface area contributed by atoms with E-state index in [0.29, 0.717) is 12.5 Å². The monoisotopic (exact) mass is 418 g/mol. The highest BCUT2D eigenvalue weighted by Gasteiger charge is 2.30. The van der Waals surface area contributed by atoms with Crippen LogP contribution in [0, 0.1) is 0 Å². The van der Waals surface area contributed by atoms with Gasteiger partial charge in [0.1, 0.15) is 17.6 Å². The van der Waals surface area contributed by atoms with Gasteiger partial charge in [0, 0.05) is 45.5 Å². The van der Waals surface area contributed by atoms with Crippen LogP contribution in [0.5, 0.6) is 5.75 Å². The molecule has 6 nitrogen and oxygen atoms in total. The third-order valence-corrected chi connectivity index (χ3v) is 5.85. The van der Waals surface area contributed by atoms with Crippen LogP contribution in [-0.2, 0) is 18.3 Å². The minimum atomic E-state index is -0.00159. The highest BCUT2D eigenvalue weighted by molar-refractivity contribution is 5.85. The van der Waals surface area contributed by atoms with Crippen molar-refractivity contribution in [3.8, 4) is 5.75 Å². The minimum absolute atomic E-state index is 0. The SMILES string of the molecule is Cl.Cn1ccnc1C1CNCCN1C(=O)CCc1cccc(OC2CCCC2)c1. The normalized spacial score (nSPS) is 19.8. The zero-order valence-corrected chi connectivity index (χ0v) is 17.9. The maximum Gasteiger partial charge on any atom is 0.223 e. The maximum absolute atomic E-state index is 13.0. The van der Waals surface area contributed by atoms with Crippen LogP contribution in [0.1, 0.15) is 49.5 Å². The van der Waals surface area contributed by atoms with Gasteiger partial charge >= 0.3 is 0 Å². The van der Waals surface area contributed by atoms with Crippen molar-refractivity contribution in [2.24, 2.45) is 7.05 Å². The van der Waals surface area contributed by atoms with Crippen molar-refractivity contribution in [3.63, 3.8) is 0 Å². The Morgan fingerprint density at radius 3 is 2.90 bits per heavy atom. The Kier molecular flexibility index (Phi) is 7.56. The highest BCUT2D eigenvalue weighted by Crippen LogP contribution is 2.25. The van der Waals surface area contributed by atoms with E-state index in [1.54, 1.807) is 6.20 Å². The Labute approximate surface area is 179 Å². The first-order valence-electron chi connectivity index (χ1n) is 10.4. The Hall–Kier alpha value is -2.05. The van der Waals surface area contributed by atoms with E-state index in [0.717, 1.165) is 56.0 Å². The van der Waals surface area contributed by atoms with Crippen molar-refractivity contribution in [2.45, 2.75) is 50.7 Å². The molecule has 7 heteroatoms. The number of halogens is 1. The van der Waals surface area contributed by atoms with Crippen molar-refractivity contribution >= 4 is 18.3 Å². The van der Waals surface area contributed by atoms with Crippen molar-refractivity contribution in [1.29, 1.82) is 0 Å². The van der Waals surface area contributed by atoms with E-state index < -0.39 is 0 Å². The quantitative estimate of drug-likeness (QED) is 0.782. The Balaban J connectivity index is 0.00000240. The summed E-state index contributed by atoms with van der Waals surface area (Å²) in [4.78, 5) is 19.4. The number of rotatable bonds is 6. The van der Waals surface area contributed by atoms with Gasteiger partial charge in [-0.05, 0) is 49.8 Å². The van der Waals surface area contributed by atoms with Gasteiger partial charge in [-0.15, -0.1) is 12.4 Å². The molecule has 2 heterocycles. The largest absolute Gasteiger partial charge is 0.490 e. The van der Waals surface area contributed by atoms with Crippen molar-refractivity contribution in [3.05, 3.63) is 48.0 Å². The molecule has 0 bridgehead atoms. The third-order valence-electron chi connectivity index (χ3n) is 5.85. The van der Waals surface area contributed by atoms with Crippen LogP contribution in [0.3, 0.4) is 0 Å². The molecule has 1 saturated carbocycles. The number of aromatic nitrogens is 2. The fourth-order valence-corrected chi connectivity index (χ4v) is 4.30. The first-order chi connectivity index (χ1) is 13.7. The lowest BCUT2D eigenvalue weighted by molar-refractivity contribution is -0.134. The molecule has 1 amide bonds. The summed E-state index contributed by atoms with van der Waals surface area (Å²) in [6, 6.07) is 8.24. The topological polar surface area (TPSA) is 59.4 Å². The fourth-order valence-electron chi connectivity index (χ4n) is 4.30. The molecule has 1 unspecified atom stereocenters. The van der Waals surface area contributed by atoms with Crippen molar-refractivity contribution in [1.82, 2.24) is 19.8 Å². The molecule has 1 atom stereocenters. The standard InChI is InChI=1S/C22H30N4O2.ClH/c1-25-13-12-24-22(25)20-16-23-11-14-26(20)21(27)10-9-17-5-4-8-19(15-17)28-18-6-2-3-7-18;/h4-5,8,12-13,15,18,20,23H,2-3,6-7,9-11,14,16H2,1H3;1H. The average molecular weight is 419 g/mol. The molecule has 29 heavy (non-hydrogen) atoms. The number of nitrogens with one attached hydrogen (secondary N) is 1. The highest BCUT2D eigenvalue weighted by atomic mass is 35.5. The number of ether oxygens (including phenoxy) is 1. The van der Waals surface area contributed by atoms with Crippen LogP contribution in [0.15, 0.2) is 36.7 Å². The molecule has 0 spiro atoms. The first kappa shape index (κ1) is 21.7. The number of benzene rings is 1. The summed E-state index contributed by atoms with van der Waals surface area (Å²) in [6.07, 6.45) is 10.2. The lowest BCUT2D eigenvalue weighted by atomic mass is 10.1. The molecule has 1 N–H and O–H groups in total. The molecule has 1 aromatic heterocycles. The number of nitrogens with zero attached hydrogens (tertiary/aromatic N) is 3. The summed E-state index contributed by atoms with van der Waals surface area (Å²) in [7, 11) is 1.98. The summed E-state index contributed by atoms with van der Waals surface area (Å²) in [5.74, 6) is 2.06. The second-order valence-corrected chi connectivity index (χ2v) is 7.88. The number of amides is 1. The van der Waals surface area contributed by atoms with Gasteiger partial charge in [0.15, 0.2) is 0 Å². The smallest absolute Gasteiger partial charge is 0.223 e. The van der Waals surface area contributed by atoms with Crippen molar-refractivity contribution in [2.75, 3.05) is 19.6 Å². The van der Waals surface area contributed by atoms with Gasteiger partial charge in [-0.25, -0.2) is 4.98 Å². The zero-order chi connectivity index (χ0) is 19.3. The number of hydrogen-bond acceptors (Lipinski definition) is 4. The molecule has 4 rings (SSSR count). The predicted molar refractivity (Wildman–Crippen MR) is 115 cm³/mol. The van der Waals surface area contributed by atoms with E-state index >= 15 is 0 Å². The van der Waals surface area contributed by atoms with Gasteiger partial charge in [0.25, 0.3) is 0 Å². The predicted octanol–water partition coefficient (Wildman–Crippen LogP) is 3.27. The Morgan fingerprint density at radius 2 is 2.14 bits per heavy atom. The van der Waals surface area contributed by atoms with Crippen LogP contribution in [0.25, 0.3) is 0 Å². The molecule has 2 fully saturated rings. The number of carbonyl (C=O) groups excluding carboxylic acids is 1. The molecule has 1 aromatic carbocycles. The molecular formula is C22H31ClN4O2. The fraction of sp³-hybridized carbons (Fsp3) is 0.545. The van der Waals surface area contributed by atoms with Gasteiger partial charge in [-0.2, -0.15) is 0 Å². The molecule has 158 valence electrons. The van der Waals surface area contributed by atoms with Gasteiger partial charge in [-0.1, -0.05) is 12.1 Å². The number of imidazole rings is 1. The molecule has 0 radical (unpaired) electrons. The lowest BCUT2D eigenvalue weighted by Crippen LogP contribution is -2.49. The van der Waals surface area contributed by atoms with Gasteiger partial charge in [0.05, 0.1) is 6.10 Å². The summed E-state index contributed by atoms with van der Waals surface area (Å²) in [6.45, 7) is 2.31. The lowest BCUT2D eigenvalue weighted by Gasteiger charge is -2.35. The van der Waals surface area contributed by atoms with E-state index in [1.807, 2.05) is 34.8 Å². The number of piperazine rings is 1. The van der Waals surface area contributed by atoms with E-state index in [2.05, 4.69) is 22.4 Å². The van der Waals surface area contributed by atoms with E-state index in [4.69, 9.17) is 4.74 Å². The number of carbonyl (C=O) groups is 1. The van der Waals surface area contributed by atoms with Gasteiger partial charge in [-0.3, -0.25) is 4.79 Å². The molecule has 1 aliphatic carbocycles. The van der Waals surface area contributed by atoms with Crippen LogP contribution in [0.4, 0.5) is 0 Å². The number of aryl methyl sites for hydroxylation is 2. The first-order valence-corrected chi connectivity index (χ1v) is 10.4. The maximum atomic E-state index is 13.0. The van der Waals surface area contributed by atoms with E-state index in [-0.39, 0.29) is 24.4 Å². The average Bonchev–Trinajstić information content (AvgIpc) is 3.38. The summed E-state index contributed by atoms with van der Waals surface area (Å²) in [5, 5.41) is 3.39. The zero-order valence-electron chi connectivity index (χ0n) is 17.0. The Morgan fingerprint density at radius 1 is 1.31 bits per heavy atom. The molecular weight excluding hydrogens is 388 g/mol. The minimum Gasteiger partial charge on any atom is -0.490 e. The van der Waals surface area contributed by atoms with Gasteiger partial charge < -0.3 is 19.5 Å². The van der Waals surface area contributed by atoms with Crippen LogP contribution >= 0.6 is 12.4 Å². The molecule has 2 aromatic rings. The second-order valence-electron chi connectivity index (χ2n) is 7.88. The van der Waals surface area contributed by atoms with Gasteiger partial charge in [0.2, 0.25) is 5.91 Å². The van der Waals surface area contributed by atoms with Crippen molar-refractivity contribution < 1.29 is 9.53 Å². The Bertz CT molecular complexity index is 804. The summed E-state index contributed by atoms with van der Waals surface area (Å²) < 4.78 is 8.11. The van der Waals surface area contributed by atoms with Crippen LogP contribution < -0.4 is 10.1 Å². The molecule has 1 saturated heterocycles. The number of hydrogen-bond donors (Lipinski definition) is 1. The third kappa shape index (κ3) is 5.31. The van der Waals surface area contributed by atoms with E-state index in [9.17, 15) is 4.79 Å². The second kappa shape index (κ2) is 10.1.